The first kappa shape index (κ1) is 38.3. The summed E-state index contributed by atoms with van der Waals surface area (Å²) in [5.74, 6) is -1.30. The number of halogens is 3. The average molecular weight is 759 g/mol. The van der Waals surface area contributed by atoms with E-state index in [1.54, 1.807) is 16.8 Å². The van der Waals surface area contributed by atoms with Gasteiger partial charge in [-0.1, -0.05) is 31.7 Å². The van der Waals surface area contributed by atoms with Crippen LogP contribution in [0.5, 0.6) is 0 Å². The van der Waals surface area contributed by atoms with Gasteiger partial charge in [-0.25, -0.2) is 22.7 Å². The van der Waals surface area contributed by atoms with Crippen LogP contribution >= 0.6 is 0 Å². The van der Waals surface area contributed by atoms with Gasteiger partial charge in [0.05, 0.1) is 12.2 Å². The Hall–Kier alpha value is -4.98. The highest BCUT2D eigenvalue weighted by Crippen LogP contribution is 2.37. The Morgan fingerprint density at radius 1 is 0.855 bits per heavy atom. The summed E-state index contributed by atoms with van der Waals surface area (Å²) >= 11 is 0. The lowest BCUT2D eigenvalue weighted by atomic mass is 9.88. The van der Waals surface area contributed by atoms with Gasteiger partial charge in [0.2, 0.25) is 11.8 Å². The minimum Gasteiger partial charge on any atom is -0.374 e. The minimum absolute atomic E-state index is 0.172. The van der Waals surface area contributed by atoms with Gasteiger partial charge in [-0.15, -0.1) is 0 Å². The molecule has 1 unspecified atom stereocenters. The first-order valence-corrected chi connectivity index (χ1v) is 19.7. The van der Waals surface area contributed by atoms with Crippen LogP contribution in [0.15, 0.2) is 54.9 Å². The zero-order valence-corrected chi connectivity index (χ0v) is 31.0. The van der Waals surface area contributed by atoms with E-state index in [1.165, 1.54) is 18.3 Å². The Kier molecular flexibility index (Phi) is 12.3. The Morgan fingerprint density at radius 2 is 1.65 bits per heavy atom. The zero-order chi connectivity index (χ0) is 38.3. The molecule has 0 radical (unpaired) electrons. The number of nitrogens with zero attached hydrogens (tertiary/aromatic N) is 5. The number of benzene rings is 2. The standard InChI is InChI=1S/C41H49F3N8O3/c42-28-9-12-33(43)31(24-28)36-8-7-20-51(36)37-17-23-52-39(48-37)32(26-46-52)40(54)45-18-5-3-1-2-4-6-19-50-21-15-27(16-22-50)30-11-10-29(25-34(30)44)47-35-13-14-38(53)49-41(35)55/h9-12,17,23-27,35-36,47H,1-8,13-16,18-22H2,(H,45,54)(H,49,53,55)/t35?,36-/m1/s1. The number of amides is 3. The lowest BCUT2D eigenvalue weighted by Crippen LogP contribution is -2.47. The van der Waals surface area contributed by atoms with Gasteiger partial charge in [-0.3, -0.25) is 19.7 Å². The predicted molar refractivity (Wildman–Crippen MR) is 203 cm³/mol. The number of hydrogen-bond acceptors (Lipinski definition) is 8. The van der Waals surface area contributed by atoms with Gasteiger partial charge in [0.1, 0.15) is 34.9 Å². The normalized spacial score (nSPS) is 19.6. The molecule has 2 aromatic carbocycles. The molecule has 0 bridgehead atoms. The van der Waals surface area contributed by atoms with Crippen molar-refractivity contribution in [3.05, 3.63) is 89.0 Å². The molecule has 14 heteroatoms. The molecular formula is C41H49F3N8O3. The molecule has 3 aliphatic rings. The number of piperidine rings is 2. The maximum atomic E-state index is 15.1. The number of nitrogens with one attached hydrogen (secondary N) is 3. The smallest absolute Gasteiger partial charge is 0.256 e. The van der Waals surface area contributed by atoms with Gasteiger partial charge in [0, 0.05) is 37.0 Å². The molecule has 7 rings (SSSR count). The monoisotopic (exact) mass is 758 g/mol. The molecule has 5 heterocycles. The van der Waals surface area contributed by atoms with E-state index in [-0.39, 0.29) is 41.9 Å². The number of hydrogen-bond donors (Lipinski definition) is 3. The number of unbranched alkanes of at least 4 members (excludes halogenated alkanes) is 5. The van der Waals surface area contributed by atoms with Crippen molar-refractivity contribution >= 4 is 34.9 Å². The first-order chi connectivity index (χ1) is 26.7. The second-order valence-electron chi connectivity index (χ2n) is 15.0. The van der Waals surface area contributed by atoms with E-state index in [4.69, 9.17) is 4.98 Å². The van der Waals surface area contributed by atoms with Gasteiger partial charge in [-0.05, 0) is 112 Å². The molecule has 3 saturated heterocycles. The van der Waals surface area contributed by atoms with Gasteiger partial charge in [0.25, 0.3) is 5.91 Å². The van der Waals surface area contributed by atoms with Crippen LogP contribution in [0.4, 0.5) is 24.7 Å². The summed E-state index contributed by atoms with van der Waals surface area (Å²) in [6.45, 7) is 4.12. The molecule has 0 saturated carbocycles. The van der Waals surface area contributed by atoms with Crippen molar-refractivity contribution in [3.8, 4) is 0 Å². The molecule has 3 fully saturated rings. The molecule has 292 valence electrons. The van der Waals surface area contributed by atoms with Gasteiger partial charge in [0.15, 0.2) is 5.65 Å². The molecule has 0 spiro atoms. The number of likely N-dealkylation sites (tertiary alicyclic amines) is 1. The molecule has 3 amide bonds. The lowest BCUT2D eigenvalue weighted by Gasteiger charge is -2.32. The molecule has 0 aliphatic carbocycles. The number of aromatic nitrogens is 3. The van der Waals surface area contributed by atoms with Crippen LogP contribution in [0, 0.1) is 17.5 Å². The van der Waals surface area contributed by atoms with Crippen LogP contribution in [-0.2, 0) is 9.59 Å². The first-order valence-electron chi connectivity index (χ1n) is 19.7. The molecule has 11 nitrogen and oxygen atoms in total. The zero-order valence-electron chi connectivity index (χ0n) is 31.0. The topological polar surface area (TPSA) is 124 Å². The van der Waals surface area contributed by atoms with Crippen molar-refractivity contribution in [1.82, 2.24) is 30.1 Å². The van der Waals surface area contributed by atoms with E-state index < -0.39 is 17.7 Å². The van der Waals surface area contributed by atoms with Crippen molar-refractivity contribution in [2.24, 2.45) is 0 Å². The number of imide groups is 1. The number of fused-ring (bicyclic) bond motifs is 1. The van der Waals surface area contributed by atoms with Crippen molar-refractivity contribution in [2.45, 2.75) is 95.1 Å². The summed E-state index contributed by atoms with van der Waals surface area (Å²) in [4.78, 5) is 45.7. The highest BCUT2D eigenvalue weighted by molar-refractivity contribution is 6.01. The summed E-state index contributed by atoms with van der Waals surface area (Å²) in [6.07, 6.45) is 13.6. The Morgan fingerprint density at radius 3 is 2.45 bits per heavy atom. The van der Waals surface area contributed by atoms with Crippen molar-refractivity contribution in [3.63, 3.8) is 0 Å². The molecule has 4 aromatic rings. The Bertz CT molecular complexity index is 2000. The highest BCUT2D eigenvalue weighted by Gasteiger charge is 2.31. The third kappa shape index (κ3) is 9.29. The van der Waals surface area contributed by atoms with E-state index in [2.05, 4.69) is 25.9 Å². The summed E-state index contributed by atoms with van der Waals surface area (Å²) in [6, 6.07) is 9.55. The molecule has 2 aromatic heterocycles. The SMILES string of the molecule is O=C1CCC(Nc2ccc(C3CCN(CCCCCCCCNC(=O)c4cnn5ccc(N6CCC[C@@H]6c6cc(F)ccc6F)nc45)CC3)c(F)c2)C(=O)N1. The third-order valence-electron chi connectivity index (χ3n) is 11.3. The largest absolute Gasteiger partial charge is 0.374 e. The number of rotatable bonds is 15. The quantitative estimate of drug-likeness (QED) is 0.0910. The van der Waals surface area contributed by atoms with Gasteiger partial charge in [-0.2, -0.15) is 5.10 Å². The summed E-state index contributed by atoms with van der Waals surface area (Å²) < 4.78 is 45.2. The van der Waals surface area contributed by atoms with Crippen LogP contribution in [0.25, 0.3) is 5.65 Å². The minimum atomic E-state index is -0.537. The second kappa shape index (κ2) is 17.7. The molecule has 3 N–H and O–H groups in total. The van der Waals surface area contributed by atoms with Crippen molar-refractivity contribution in [2.75, 3.05) is 42.9 Å². The molecule has 3 aliphatic heterocycles. The highest BCUT2D eigenvalue weighted by atomic mass is 19.1. The fraction of sp³-hybridized carbons (Fsp3) is 0.488. The number of carbonyl (C=O) groups excluding carboxylic acids is 3. The van der Waals surface area contributed by atoms with E-state index in [0.29, 0.717) is 54.2 Å². The van der Waals surface area contributed by atoms with Crippen molar-refractivity contribution in [1.29, 1.82) is 0 Å². The molecule has 2 atom stereocenters. The Labute approximate surface area is 319 Å². The lowest BCUT2D eigenvalue weighted by molar-refractivity contribution is -0.133. The fourth-order valence-corrected chi connectivity index (χ4v) is 8.23. The van der Waals surface area contributed by atoms with E-state index in [9.17, 15) is 23.2 Å². The van der Waals surface area contributed by atoms with Crippen LogP contribution < -0.4 is 20.9 Å². The van der Waals surface area contributed by atoms with E-state index in [1.807, 2.05) is 17.0 Å². The Balaban J connectivity index is 0.776. The maximum absolute atomic E-state index is 15.1. The maximum Gasteiger partial charge on any atom is 0.256 e. The van der Waals surface area contributed by atoms with Gasteiger partial charge < -0.3 is 20.4 Å². The fourth-order valence-electron chi connectivity index (χ4n) is 8.23. The second-order valence-corrected chi connectivity index (χ2v) is 15.0. The van der Waals surface area contributed by atoms with E-state index in [0.717, 1.165) is 95.1 Å². The summed E-state index contributed by atoms with van der Waals surface area (Å²) in [7, 11) is 0. The van der Waals surface area contributed by atoms with Gasteiger partial charge >= 0.3 is 0 Å². The number of anilines is 2. The van der Waals surface area contributed by atoms with Crippen molar-refractivity contribution < 1.29 is 27.6 Å². The van der Waals surface area contributed by atoms with Crippen LogP contribution in [0.3, 0.4) is 0 Å². The summed E-state index contributed by atoms with van der Waals surface area (Å²) in [5, 5.41) is 12.7. The average Bonchev–Trinajstić information content (AvgIpc) is 3.84. The van der Waals surface area contributed by atoms with E-state index >= 15 is 4.39 Å². The van der Waals surface area contributed by atoms with Crippen LogP contribution in [0.2, 0.25) is 0 Å². The summed E-state index contributed by atoms with van der Waals surface area (Å²) in [5.41, 5.74) is 2.38. The molecule has 55 heavy (non-hydrogen) atoms. The van der Waals surface area contributed by atoms with Crippen LogP contribution in [0.1, 0.15) is 110 Å². The third-order valence-corrected chi connectivity index (χ3v) is 11.3. The predicted octanol–water partition coefficient (Wildman–Crippen LogP) is 6.66. The molecular weight excluding hydrogens is 709 g/mol. The van der Waals surface area contributed by atoms with Crippen LogP contribution in [-0.4, -0.2) is 76.0 Å². The number of carbonyl (C=O) groups is 3.